The number of rotatable bonds is 4. The topological polar surface area (TPSA) is 42.2 Å². The van der Waals surface area contributed by atoms with E-state index in [9.17, 15) is 0 Å². The number of hydrogen-bond acceptors (Lipinski definition) is 3. The van der Waals surface area contributed by atoms with E-state index in [1.54, 1.807) is 16.9 Å². The third kappa shape index (κ3) is 2.23. The molecule has 3 aromatic rings. The first kappa shape index (κ1) is 12.9. The number of halogens is 1. The second-order valence-corrected chi connectivity index (χ2v) is 5.16. The third-order valence-corrected chi connectivity index (χ3v) is 3.93. The van der Waals surface area contributed by atoms with Gasteiger partial charge in [-0.1, -0.05) is 30.3 Å². The molecule has 0 radical (unpaired) electrons. The van der Waals surface area contributed by atoms with E-state index < -0.39 is 0 Å². The maximum atomic E-state index is 6.21. The van der Waals surface area contributed by atoms with Gasteiger partial charge in [-0.15, -0.1) is 11.6 Å². The maximum Gasteiger partial charge on any atom is 0.152 e. The molecule has 0 aliphatic heterocycles. The number of alkyl halides is 1. The van der Waals surface area contributed by atoms with E-state index >= 15 is 0 Å². The zero-order chi connectivity index (χ0) is 14.0. The standard InChI is InChI=1S/C15H15ClN4/c1-15(11-16,12-5-3-2-4-6-12)19-14-13-7-8-18-20(13)10-9-17-14/h2-10H,11H2,1H3,(H,17,19). The van der Waals surface area contributed by atoms with Gasteiger partial charge in [-0.3, -0.25) is 0 Å². The third-order valence-electron chi connectivity index (χ3n) is 3.40. The van der Waals surface area contributed by atoms with Gasteiger partial charge in [-0.05, 0) is 18.6 Å². The molecule has 1 unspecified atom stereocenters. The van der Waals surface area contributed by atoms with E-state index in [0.717, 1.165) is 16.9 Å². The zero-order valence-electron chi connectivity index (χ0n) is 11.1. The van der Waals surface area contributed by atoms with Crippen LogP contribution in [0, 0.1) is 0 Å². The number of aromatic nitrogens is 3. The molecule has 2 aromatic heterocycles. The highest BCUT2D eigenvalue weighted by Gasteiger charge is 2.26. The molecule has 102 valence electrons. The van der Waals surface area contributed by atoms with Crippen LogP contribution in [0.4, 0.5) is 5.82 Å². The van der Waals surface area contributed by atoms with Gasteiger partial charge in [0.2, 0.25) is 0 Å². The Labute approximate surface area is 122 Å². The van der Waals surface area contributed by atoms with Crippen LogP contribution in [0.2, 0.25) is 0 Å². The fourth-order valence-corrected chi connectivity index (χ4v) is 2.43. The first-order valence-corrected chi connectivity index (χ1v) is 6.94. The monoisotopic (exact) mass is 286 g/mol. The van der Waals surface area contributed by atoms with Gasteiger partial charge in [-0.2, -0.15) is 5.10 Å². The van der Waals surface area contributed by atoms with Crippen molar-refractivity contribution < 1.29 is 0 Å². The minimum Gasteiger partial charge on any atom is -0.358 e. The van der Waals surface area contributed by atoms with E-state index in [1.165, 1.54) is 0 Å². The second-order valence-electron chi connectivity index (χ2n) is 4.89. The highest BCUT2D eigenvalue weighted by atomic mass is 35.5. The number of benzene rings is 1. The molecule has 0 aliphatic rings. The van der Waals surface area contributed by atoms with Crippen molar-refractivity contribution in [3.63, 3.8) is 0 Å². The first-order valence-electron chi connectivity index (χ1n) is 6.41. The van der Waals surface area contributed by atoms with Crippen molar-refractivity contribution in [3.05, 3.63) is 60.6 Å². The average molecular weight is 287 g/mol. The van der Waals surface area contributed by atoms with Gasteiger partial charge in [0.1, 0.15) is 5.52 Å². The minimum atomic E-state index is -0.387. The summed E-state index contributed by atoms with van der Waals surface area (Å²) < 4.78 is 1.79. The molecule has 0 aliphatic carbocycles. The van der Waals surface area contributed by atoms with Gasteiger partial charge in [0, 0.05) is 18.3 Å². The number of nitrogens with zero attached hydrogens (tertiary/aromatic N) is 3. The summed E-state index contributed by atoms with van der Waals surface area (Å²) in [5.41, 5.74) is 1.67. The van der Waals surface area contributed by atoms with Crippen LogP contribution in [0.5, 0.6) is 0 Å². The lowest BCUT2D eigenvalue weighted by molar-refractivity contribution is 0.614. The van der Waals surface area contributed by atoms with Gasteiger partial charge in [0.15, 0.2) is 5.82 Å². The van der Waals surface area contributed by atoms with Crippen LogP contribution < -0.4 is 5.32 Å². The fraction of sp³-hybridized carbons (Fsp3) is 0.200. The summed E-state index contributed by atoms with van der Waals surface area (Å²) in [4.78, 5) is 4.41. The molecule has 0 spiro atoms. The summed E-state index contributed by atoms with van der Waals surface area (Å²) in [7, 11) is 0. The Kier molecular flexibility index (Phi) is 3.32. The lowest BCUT2D eigenvalue weighted by atomic mass is 9.94. The molecule has 2 heterocycles. The summed E-state index contributed by atoms with van der Waals surface area (Å²) in [6.45, 7) is 2.07. The van der Waals surface area contributed by atoms with Crippen LogP contribution in [0.3, 0.4) is 0 Å². The van der Waals surface area contributed by atoms with Crippen molar-refractivity contribution >= 4 is 22.9 Å². The van der Waals surface area contributed by atoms with Crippen molar-refractivity contribution in [2.75, 3.05) is 11.2 Å². The van der Waals surface area contributed by atoms with Crippen LogP contribution in [0.1, 0.15) is 12.5 Å². The zero-order valence-corrected chi connectivity index (χ0v) is 11.9. The van der Waals surface area contributed by atoms with E-state index in [0.29, 0.717) is 5.88 Å². The second kappa shape index (κ2) is 5.13. The molecule has 1 aromatic carbocycles. The number of nitrogens with one attached hydrogen (secondary N) is 1. The summed E-state index contributed by atoms with van der Waals surface area (Å²) >= 11 is 6.21. The van der Waals surface area contributed by atoms with Crippen LogP contribution in [-0.2, 0) is 5.54 Å². The highest BCUT2D eigenvalue weighted by molar-refractivity contribution is 6.18. The van der Waals surface area contributed by atoms with Gasteiger partial charge in [0.25, 0.3) is 0 Å². The Hall–Kier alpha value is -2.07. The van der Waals surface area contributed by atoms with E-state index in [4.69, 9.17) is 11.6 Å². The predicted molar refractivity (Wildman–Crippen MR) is 81.1 cm³/mol. The smallest absolute Gasteiger partial charge is 0.152 e. The minimum absolute atomic E-state index is 0.387. The van der Waals surface area contributed by atoms with Crippen molar-refractivity contribution in [1.82, 2.24) is 14.6 Å². The molecule has 1 atom stereocenters. The Balaban J connectivity index is 2.01. The Morgan fingerprint density at radius 3 is 2.75 bits per heavy atom. The molecule has 20 heavy (non-hydrogen) atoms. The predicted octanol–water partition coefficient (Wildman–Crippen LogP) is 3.30. The molecule has 4 nitrogen and oxygen atoms in total. The molecule has 0 saturated carbocycles. The summed E-state index contributed by atoms with van der Waals surface area (Å²) in [5, 5.41) is 7.66. The summed E-state index contributed by atoms with van der Waals surface area (Å²) in [6.07, 6.45) is 5.30. The van der Waals surface area contributed by atoms with Crippen molar-refractivity contribution in [3.8, 4) is 0 Å². The number of anilines is 1. The lowest BCUT2D eigenvalue weighted by Crippen LogP contribution is -2.34. The molecular weight excluding hydrogens is 272 g/mol. The first-order chi connectivity index (χ1) is 9.73. The van der Waals surface area contributed by atoms with Crippen molar-refractivity contribution in [1.29, 1.82) is 0 Å². The van der Waals surface area contributed by atoms with E-state index in [-0.39, 0.29) is 5.54 Å². The maximum absolute atomic E-state index is 6.21. The quantitative estimate of drug-likeness (QED) is 0.748. The molecule has 0 bridgehead atoms. The van der Waals surface area contributed by atoms with Gasteiger partial charge >= 0.3 is 0 Å². The van der Waals surface area contributed by atoms with Gasteiger partial charge in [0.05, 0.1) is 11.7 Å². The number of fused-ring (bicyclic) bond motifs is 1. The van der Waals surface area contributed by atoms with Crippen LogP contribution in [0.25, 0.3) is 5.52 Å². The van der Waals surface area contributed by atoms with Gasteiger partial charge < -0.3 is 5.32 Å². The van der Waals surface area contributed by atoms with Crippen LogP contribution >= 0.6 is 11.6 Å². The Morgan fingerprint density at radius 1 is 1.20 bits per heavy atom. The molecule has 0 fully saturated rings. The van der Waals surface area contributed by atoms with E-state index in [2.05, 4.69) is 34.5 Å². The van der Waals surface area contributed by atoms with Crippen molar-refractivity contribution in [2.45, 2.75) is 12.5 Å². The van der Waals surface area contributed by atoms with Gasteiger partial charge in [-0.25, -0.2) is 9.50 Å². The molecular formula is C15H15ClN4. The van der Waals surface area contributed by atoms with Crippen molar-refractivity contribution in [2.24, 2.45) is 0 Å². The number of hydrogen-bond donors (Lipinski definition) is 1. The molecule has 0 amide bonds. The summed E-state index contributed by atoms with van der Waals surface area (Å²) in [6, 6.07) is 12.1. The van der Waals surface area contributed by atoms with E-state index in [1.807, 2.05) is 30.5 Å². The lowest BCUT2D eigenvalue weighted by Gasteiger charge is -2.30. The Morgan fingerprint density at radius 2 is 2.00 bits per heavy atom. The molecule has 0 saturated heterocycles. The van der Waals surface area contributed by atoms with Crippen LogP contribution in [-0.4, -0.2) is 20.5 Å². The highest BCUT2D eigenvalue weighted by Crippen LogP contribution is 2.28. The molecule has 3 rings (SSSR count). The SMILES string of the molecule is CC(CCl)(Nc1nccn2nccc12)c1ccccc1. The molecule has 1 N–H and O–H groups in total. The average Bonchev–Trinajstić information content (AvgIpc) is 2.98. The normalized spacial score (nSPS) is 14.1. The Bertz CT molecular complexity index is 710. The largest absolute Gasteiger partial charge is 0.358 e. The van der Waals surface area contributed by atoms with Crippen LogP contribution in [0.15, 0.2) is 55.0 Å². The fourth-order valence-electron chi connectivity index (χ4n) is 2.20. The molecule has 5 heteroatoms. The summed E-state index contributed by atoms with van der Waals surface area (Å²) in [5.74, 6) is 1.21.